The Balaban J connectivity index is 0.00000256. The minimum atomic E-state index is -0.0219. The monoisotopic (exact) mass is 573 g/mol. The van der Waals surface area contributed by atoms with Gasteiger partial charge in [-0.2, -0.15) is 0 Å². The van der Waals surface area contributed by atoms with Crippen molar-refractivity contribution < 1.29 is 9.53 Å². The van der Waals surface area contributed by atoms with E-state index in [0.29, 0.717) is 12.1 Å². The molecule has 0 spiro atoms. The van der Waals surface area contributed by atoms with Gasteiger partial charge in [-0.25, -0.2) is 4.98 Å². The van der Waals surface area contributed by atoms with E-state index in [2.05, 4.69) is 36.8 Å². The van der Waals surface area contributed by atoms with Crippen molar-refractivity contribution in [1.29, 1.82) is 0 Å². The third-order valence-electron chi connectivity index (χ3n) is 4.85. The summed E-state index contributed by atoms with van der Waals surface area (Å²) in [6.45, 7) is 5.05. The summed E-state index contributed by atoms with van der Waals surface area (Å²) >= 11 is 8.54. The average Bonchev–Trinajstić information content (AvgIpc) is 3.14. The smallest absolute Gasteiger partial charge is 0.260 e. The van der Waals surface area contributed by atoms with Gasteiger partial charge in [-0.15, -0.1) is 12.4 Å². The van der Waals surface area contributed by atoms with E-state index in [-0.39, 0.29) is 18.3 Å². The number of ether oxygens (including phenoxy) is 1. The lowest BCUT2D eigenvalue weighted by atomic mass is 10.2. The van der Waals surface area contributed by atoms with Gasteiger partial charge in [-0.05, 0) is 42.8 Å². The molecule has 0 bridgehead atoms. The third-order valence-corrected chi connectivity index (χ3v) is 6.87. The van der Waals surface area contributed by atoms with Crippen LogP contribution in [-0.4, -0.2) is 55.2 Å². The largest absolute Gasteiger partial charge is 0.379 e. The van der Waals surface area contributed by atoms with Crippen LogP contribution in [0.3, 0.4) is 0 Å². The van der Waals surface area contributed by atoms with E-state index < -0.39 is 0 Å². The number of benzene rings is 2. The molecule has 4 rings (SSSR count). The van der Waals surface area contributed by atoms with Crippen LogP contribution in [0.25, 0.3) is 10.2 Å². The number of anilines is 1. The Kier molecular flexibility index (Phi) is 8.68. The van der Waals surface area contributed by atoms with Gasteiger partial charge in [-0.1, -0.05) is 49.3 Å². The molecule has 9 heteroatoms. The van der Waals surface area contributed by atoms with Crippen LogP contribution < -0.4 is 4.90 Å². The first-order valence-electron chi connectivity index (χ1n) is 9.54. The van der Waals surface area contributed by atoms with E-state index >= 15 is 0 Å². The molecule has 1 aliphatic rings. The number of fused-ring (bicyclic) bond motifs is 1. The first-order valence-corrected chi connectivity index (χ1v) is 11.9. The fourth-order valence-corrected chi connectivity index (χ4v) is 5.28. The summed E-state index contributed by atoms with van der Waals surface area (Å²) in [5.74, 6) is -0.0219. The number of hydrogen-bond acceptors (Lipinski definition) is 5. The highest BCUT2D eigenvalue weighted by molar-refractivity contribution is 9.10. The Morgan fingerprint density at radius 2 is 1.90 bits per heavy atom. The molecule has 0 aliphatic carbocycles. The van der Waals surface area contributed by atoms with Gasteiger partial charge >= 0.3 is 0 Å². The van der Waals surface area contributed by atoms with Crippen LogP contribution in [0.5, 0.6) is 0 Å². The van der Waals surface area contributed by atoms with Crippen molar-refractivity contribution in [3.05, 3.63) is 57.0 Å². The molecule has 3 aromatic rings. The van der Waals surface area contributed by atoms with Crippen molar-refractivity contribution in [2.24, 2.45) is 0 Å². The Labute approximate surface area is 203 Å². The van der Waals surface area contributed by atoms with Gasteiger partial charge in [0.15, 0.2) is 5.13 Å². The normalized spacial score (nSPS) is 14.5. The molecule has 5 nitrogen and oxygen atoms in total. The number of amides is 1. The van der Waals surface area contributed by atoms with Crippen LogP contribution in [0.1, 0.15) is 16.8 Å². The van der Waals surface area contributed by atoms with Gasteiger partial charge < -0.3 is 4.74 Å². The molecule has 2 heterocycles. The molecule has 0 radical (unpaired) electrons. The van der Waals surface area contributed by atoms with Crippen LogP contribution in [0.4, 0.5) is 5.13 Å². The first-order chi connectivity index (χ1) is 14.1. The number of carbonyl (C=O) groups is 1. The lowest BCUT2D eigenvalue weighted by molar-refractivity contribution is 0.0376. The molecule has 0 saturated carbocycles. The second-order valence-electron chi connectivity index (χ2n) is 6.88. The maximum absolute atomic E-state index is 13.4. The van der Waals surface area contributed by atoms with Crippen LogP contribution >= 0.6 is 55.6 Å². The zero-order valence-electron chi connectivity index (χ0n) is 16.2. The second kappa shape index (κ2) is 11.0. The quantitative estimate of drug-likeness (QED) is 0.383. The van der Waals surface area contributed by atoms with Crippen molar-refractivity contribution in [1.82, 2.24) is 9.88 Å². The molecule has 160 valence electrons. The van der Waals surface area contributed by atoms with Crippen molar-refractivity contribution in [2.75, 3.05) is 44.3 Å². The molecule has 0 unspecified atom stereocenters. The first kappa shape index (κ1) is 23.6. The highest BCUT2D eigenvalue weighted by Gasteiger charge is 2.22. The zero-order valence-corrected chi connectivity index (χ0v) is 21.0. The lowest BCUT2D eigenvalue weighted by Gasteiger charge is -2.27. The molecule has 1 saturated heterocycles. The van der Waals surface area contributed by atoms with Gasteiger partial charge in [0.25, 0.3) is 5.91 Å². The summed E-state index contributed by atoms with van der Waals surface area (Å²) in [4.78, 5) is 22.3. The maximum atomic E-state index is 13.4. The average molecular weight is 576 g/mol. The van der Waals surface area contributed by atoms with Crippen LogP contribution in [0.15, 0.2) is 51.4 Å². The van der Waals surface area contributed by atoms with Crippen LogP contribution in [-0.2, 0) is 4.74 Å². The number of aromatic nitrogens is 1. The number of carbonyl (C=O) groups excluding carboxylic acids is 1. The van der Waals surface area contributed by atoms with Crippen LogP contribution in [0.2, 0.25) is 0 Å². The molecule has 0 N–H and O–H groups in total. The van der Waals surface area contributed by atoms with E-state index in [1.165, 1.54) is 0 Å². The zero-order chi connectivity index (χ0) is 20.2. The Morgan fingerprint density at radius 3 is 2.67 bits per heavy atom. The number of nitrogens with zero attached hydrogens (tertiary/aromatic N) is 3. The Hall–Kier alpha value is -1.03. The van der Waals surface area contributed by atoms with Gasteiger partial charge in [0, 0.05) is 40.7 Å². The number of halogens is 3. The fraction of sp³-hybridized carbons (Fsp3) is 0.333. The summed E-state index contributed by atoms with van der Waals surface area (Å²) in [7, 11) is 0. The maximum Gasteiger partial charge on any atom is 0.260 e. The molecule has 1 aliphatic heterocycles. The number of rotatable bonds is 6. The van der Waals surface area contributed by atoms with E-state index in [1.807, 2.05) is 47.4 Å². The highest BCUT2D eigenvalue weighted by Crippen LogP contribution is 2.32. The van der Waals surface area contributed by atoms with Crippen molar-refractivity contribution >= 4 is 76.9 Å². The summed E-state index contributed by atoms with van der Waals surface area (Å²) in [5, 5.41) is 0.741. The van der Waals surface area contributed by atoms with E-state index in [9.17, 15) is 4.79 Å². The Morgan fingerprint density at radius 1 is 1.13 bits per heavy atom. The molecule has 1 aromatic heterocycles. The molecule has 1 amide bonds. The molecule has 0 atom stereocenters. The predicted molar refractivity (Wildman–Crippen MR) is 132 cm³/mol. The fourth-order valence-electron chi connectivity index (χ4n) is 3.34. The highest BCUT2D eigenvalue weighted by atomic mass is 79.9. The lowest BCUT2D eigenvalue weighted by Crippen LogP contribution is -2.39. The minimum Gasteiger partial charge on any atom is -0.379 e. The summed E-state index contributed by atoms with van der Waals surface area (Å²) < 4.78 is 8.39. The van der Waals surface area contributed by atoms with E-state index in [4.69, 9.17) is 9.72 Å². The second-order valence-corrected chi connectivity index (χ2v) is 9.72. The minimum absolute atomic E-state index is 0. The number of hydrogen-bond donors (Lipinski definition) is 0. The molecule has 1 fully saturated rings. The SMILES string of the molecule is Cl.O=C(c1cccc(Br)c1)N(CCCN1CCOCC1)c1nc2ccc(Br)cc2s1. The molecule has 2 aromatic carbocycles. The molecular weight excluding hydrogens is 554 g/mol. The summed E-state index contributed by atoms with van der Waals surface area (Å²) in [5.41, 5.74) is 1.57. The van der Waals surface area contributed by atoms with Crippen LogP contribution in [0, 0.1) is 0 Å². The van der Waals surface area contributed by atoms with Crippen molar-refractivity contribution in [2.45, 2.75) is 6.42 Å². The van der Waals surface area contributed by atoms with E-state index in [1.54, 1.807) is 11.3 Å². The van der Waals surface area contributed by atoms with Gasteiger partial charge in [0.1, 0.15) is 0 Å². The molecular formula is C21H22Br2ClN3O2S. The van der Waals surface area contributed by atoms with Crippen molar-refractivity contribution in [3.8, 4) is 0 Å². The van der Waals surface area contributed by atoms with Gasteiger partial charge in [0.05, 0.1) is 23.4 Å². The predicted octanol–water partition coefficient (Wildman–Crippen LogP) is 5.61. The summed E-state index contributed by atoms with van der Waals surface area (Å²) in [6.07, 6.45) is 0.888. The topological polar surface area (TPSA) is 45.7 Å². The van der Waals surface area contributed by atoms with Gasteiger partial charge in [0.2, 0.25) is 0 Å². The third kappa shape index (κ3) is 5.81. The number of thiazole rings is 1. The molecule has 30 heavy (non-hydrogen) atoms. The Bertz CT molecular complexity index is 1010. The van der Waals surface area contributed by atoms with E-state index in [0.717, 1.165) is 63.6 Å². The summed E-state index contributed by atoms with van der Waals surface area (Å²) in [6, 6.07) is 13.5. The number of morpholine rings is 1. The van der Waals surface area contributed by atoms with Crippen molar-refractivity contribution in [3.63, 3.8) is 0 Å². The van der Waals surface area contributed by atoms with Gasteiger partial charge in [-0.3, -0.25) is 14.6 Å². The standard InChI is InChI=1S/C21H21Br2N3O2S.ClH/c22-16-4-1-3-15(13-16)20(27)26(8-2-7-25-9-11-28-12-10-25)21-24-18-6-5-17(23)14-19(18)29-21;/h1,3-6,13-14H,2,7-12H2;1H.